The molecule has 0 radical (unpaired) electrons. The van der Waals surface area contributed by atoms with E-state index in [1.165, 1.54) is 23.5 Å². The molecule has 1 aliphatic heterocycles. The summed E-state index contributed by atoms with van der Waals surface area (Å²) in [5.41, 5.74) is 3.48. The molecule has 9 heteroatoms. The van der Waals surface area contributed by atoms with Crippen LogP contribution >= 0.6 is 11.8 Å². The Morgan fingerprint density at radius 3 is 2.50 bits per heavy atom. The molecule has 0 atom stereocenters. The molecular formula is C29H28F3N5S. The zero-order valence-electron chi connectivity index (χ0n) is 20.8. The van der Waals surface area contributed by atoms with Crippen molar-refractivity contribution in [2.75, 3.05) is 37.6 Å². The Morgan fingerprint density at radius 2 is 1.76 bits per heavy atom. The van der Waals surface area contributed by atoms with Crippen LogP contribution in [-0.4, -0.2) is 47.6 Å². The summed E-state index contributed by atoms with van der Waals surface area (Å²) in [6.45, 7) is 4.97. The van der Waals surface area contributed by atoms with Crippen LogP contribution in [-0.2, 0) is 12.6 Å². The van der Waals surface area contributed by atoms with Crippen LogP contribution in [0.4, 0.5) is 18.9 Å². The van der Waals surface area contributed by atoms with Crippen molar-refractivity contribution in [3.05, 3.63) is 83.7 Å². The van der Waals surface area contributed by atoms with E-state index in [4.69, 9.17) is 5.26 Å². The summed E-state index contributed by atoms with van der Waals surface area (Å²) in [6, 6.07) is 18.0. The predicted octanol–water partition coefficient (Wildman–Crippen LogP) is 6.75. The van der Waals surface area contributed by atoms with Crippen molar-refractivity contribution in [3.8, 4) is 6.07 Å². The molecule has 1 saturated heterocycles. The summed E-state index contributed by atoms with van der Waals surface area (Å²) in [5.74, 6) is 0. The van der Waals surface area contributed by atoms with E-state index >= 15 is 0 Å². The van der Waals surface area contributed by atoms with Gasteiger partial charge in [-0.3, -0.25) is 4.90 Å². The second-order valence-electron chi connectivity index (χ2n) is 9.45. The Bertz CT molecular complexity index is 1420. The molecule has 0 bridgehead atoms. The first kappa shape index (κ1) is 26.1. The van der Waals surface area contributed by atoms with Gasteiger partial charge in [0.1, 0.15) is 5.03 Å². The van der Waals surface area contributed by atoms with Gasteiger partial charge in [0, 0.05) is 60.1 Å². The molecular weight excluding hydrogens is 507 g/mol. The lowest BCUT2D eigenvalue weighted by Crippen LogP contribution is -2.46. The number of benzene rings is 2. The summed E-state index contributed by atoms with van der Waals surface area (Å²) >= 11 is 1.23. The number of aromatic nitrogens is 2. The minimum absolute atomic E-state index is 0.331. The normalized spacial score (nSPS) is 14.6. The van der Waals surface area contributed by atoms with E-state index in [0.717, 1.165) is 85.6 Å². The number of unbranched alkanes of at least 4 members (excludes halogenated alkanes) is 1. The average Bonchev–Trinajstić information content (AvgIpc) is 3.33. The molecule has 1 aliphatic rings. The van der Waals surface area contributed by atoms with Crippen LogP contribution in [0.1, 0.15) is 29.5 Å². The molecule has 0 amide bonds. The fourth-order valence-corrected chi connectivity index (χ4v) is 5.64. The van der Waals surface area contributed by atoms with E-state index in [-0.39, 0.29) is 0 Å². The van der Waals surface area contributed by atoms with Gasteiger partial charge in [-0.25, -0.2) is 4.98 Å². The van der Waals surface area contributed by atoms with Crippen LogP contribution in [0, 0.1) is 11.3 Å². The van der Waals surface area contributed by atoms with E-state index in [2.05, 4.69) is 32.0 Å². The number of aryl methyl sites for hydroxylation is 1. The minimum Gasteiger partial charge on any atom is -0.369 e. The standard InChI is InChI=1S/C29H28F3N5S/c30-29(31,32)23-10-11-34-28(18-23)38-25-7-5-24(6-8-25)37-15-13-36(14-16-37)12-2-1-3-22-20-35-27-9-4-21(19-33)17-26(22)27/h4-11,17-18,20,35H,1-3,12-16H2. The van der Waals surface area contributed by atoms with Crippen LogP contribution in [0.2, 0.25) is 0 Å². The van der Waals surface area contributed by atoms with Gasteiger partial charge in [-0.2, -0.15) is 18.4 Å². The highest BCUT2D eigenvalue weighted by Gasteiger charge is 2.30. The van der Waals surface area contributed by atoms with E-state index in [0.29, 0.717) is 10.6 Å². The summed E-state index contributed by atoms with van der Waals surface area (Å²) in [4.78, 5) is 13.1. The maximum Gasteiger partial charge on any atom is 0.416 e. The molecule has 0 saturated carbocycles. The maximum atomic E-state index is 13.0. The third-order valence-corrected chi connectivity index (χ3v) is 7.87. The average molecular weight is 536 g/mol. The minimum atomic E-state index is -4.37. The molecule has 0 spiro atoms. The first-order valence-electron chi connectivity index (χ1n) is 12.7. The highest BCUT2D eigenvalue weighted by molar-refractivity contribution is 7.99. The number of nitrogens with one attached hydrogen (secondary N) is 1. The largest absolute Gasteiger partial charge is 0.416 e. The Labute approximate surface area is 224 Å². The monoisotopic (exact) mass is 535 g/mol. The number of alkyl halides is 3. The lowest BCUT2D eigenvalue weighted by molar-refractivity contribution is -0.137. The SMILES string of the molecule is N#Cc1ccc2[nH]cc(CCCCN3CCN(c4ccc(Sc5cc(C(F)(F)F)ccn5)cc4)CC3)c2c1. The second-order valence-corrected chi connectivity index (χ2v) is 10.5. The number of pyridine rings is 1. The number of halogens is 3. The number of aromatic amines is 1. The number of rotatable bonds is 8. The van der Waals surface area contributed by atoms with Crippen molar-refractivity contribution >= 4 is 28.4 Å². The zero-order chi connectivity index (χ0) is 26.5. The van der Waals surface area contributed by atoms with Gasteiger partial charge in [0.05, 0.1) is 17.2 Å². The summed E-state index contributed by atoms with van der Waals surface area (Å²) in [7, 11) is 0. The van der Waals surface area contributed by atoms with Gasteiger partial charge in [-0.05, 0) is 86.0 Å². The number of anilines is 1. The van der Waals surface area contributed by atoms with E-state index in [1.54, 1.807) is 0 Å². The fourth-order valence-electron chi connectivity index (χ4n) is 4.82. The second kappa shape index (κ2) is 11.5. The van der Waals surface area contributed by atoms with Gasteiger partial charge in [-0.1, -0.05) is 11.8 Å². The topological polar surface area (TPSA) is 59.0 Å². The quantitative estimate of drug-likeness (QED) is 0.253. The van der Waals surface area contributed by atoms with Crippen molar-refractivity contribution < 1.29 is 13.2 Å². The van der Waals surface area contributed by atoms with Gasteiger partial charge in [0.25, 0.3) is 0 Å². The number of H-pyrrole nitrogens is 1. The fraction of sp³-hybridized carbons (Fsp3) is 0.310. The van der Waals surface area contributed by atoms with E-state index in [1.807, 2.05) is 42.5 Å². The van der Waals surface area contributed by atoms with Gasteiger partial charge < -0.3 is 9.88 Å². The predicted molar refractivity (Wildman–Crippen MR) is 144 cm³/mol. The van der Waals surface area contributed by atoms with Crippen LogP contribution in [0.3, 0.4) is 0 Å². The summed E-state index contributed by atoms with van der Waals surface area (Å²) in [6.07, 6.45) is 2.11. The molecule has 1 N–H and O–H groups in total. The van der Waals surface area contributed by atoms with Crippen LogP contribution in [0.25, 0.3) is 10.9 Å². The smallest absolute Gasteiger partial charge is 0.369 e. The number of nitriles is 1. The third-order valence-electron chi connectivity index (χ3n) is 6.93. The van der Waals surface area contributed by atoms with E-state index in [9.17, 15) is 13.2 Å². The van der Waals surface area contributed by atoms with Crippen molar-refractivity contribution in [2.24, 2.45) is 0 Å². The van der Waals surface area contributed by atoms with E-state index < -0.39 is 11.7 Å². The number of nitrogens with zero attached hydrogens (tertiary/aromatic N) is 4. The number of hydrogen-bond donors (Lipinski definition) is 1. The molecule has 0 unspecified atom stereocenters. The molecule has 3 heterocycles. The van der Waals surface area contributed by atoms with Crippen molar-refractivity contribution in [2.45, 2.75) is 35.4 Å². The Morgan fingerprint density at radius 1 is 0.974 bits per heavy atom. The Kier molecular flexibility index (Phi) is 7.91. The number of fused-ring (bicyclic) bond motifs is 1. The zero-order valence-corrected chi connectivity index (χ0v) is 21.7. The molecule has 0 aliphatic carbocycles. The third kappa shape index (κ3) is 6.32. The van der Waals surface area contributed by atoms with Crippen molar-refractivity contribution in [1.29, 1.82) is 5.26 Å². The molecule has 2 aromatic carbocycles. The van der Waals surface area contributed by atoms with Gasteiger partial charge in [-0.15, -0.1) is 0 Å². The first-order chi connectivity index (χ1) is 18.4. The van der Waals surface area contributed by atoms with Crippen LogP contribution in [0.15, 0.2) is 76.9 Å². The lowest BCUT2D eigenvalue weighted by Gasteiger charge is -2.36. The highest BCUT2D eigenvalue weighted by atomic mass is 32.2. The highest BCUT2D eigenvalue weighted by Crippen LogP contribution is 2.34. The molecule has 2 aromatic heterocycles. The van der Waals surface area contributed by atoms with Crippen LogP contribution < -0.4 is 4.90 Å². The number of piperazine rings is 1. The summed E-state index contributed by atoms with van der Waals surface area (Å²) in [5, 5.41) is 10.6. The molecule has 38 heavy (non-hydrogen) atoms. The van der Waals surface area contributed by atoms with Crippen molar-refractivity contribution in [3.63, 3.8) is 0 Å². The van der Waals surface area contributed by atoms with Gasteiger partial charge in [0.2, 0.25) is 0 Å². The molecule has 1 fully saturated rings. The first-order valence-corrected chi connectivity index (χ1v) is 13.5. The molecule has 4 aromatic rings. The summed E-state index contributed by atoms with van der Waals surface area (Å²) < 4.78 is 38.9. The van der Waals surface area contributed by atoms with Gasteiger partial charge >= 0.3 is 6.18 Å². The molecule has 5 nitrogen and oxygen atoms in total. The lowest BCUT2D eigenvalue weighted by atomic mass is 10.1. The van der Waals surface area contributed by atoms with Crippen LogP contribution in [0.5, 0.6) is 0 Å². The Balaban J connectivity index is 1.06. The molecule has 196 valence electrons. The maximum absolute atomic E-state index is 13.0. The number of hydrogen-bond acceptors (Lipinski definition) is 5. The Hall–Kier alpha value is -3.48. The molecule has 5 rings (SSSR count). The van der Waals surface area contributed by atoms with Gasteiger partial charge in [0.15, 0.2) is 0 Å². The van der Waals surface area contributed by atoms with Crippen molar-refractivity contribution in [1.82, 2.24) is 14.9 Å².